The number of rotatable bonds is 6. The van der Waals surface area contributed by atoms with Crippen LogP contribution in [0.2, 0.25) is 0 Å². The highest BCUT2D eigenvalue weighted by Gasteiger charge is 2.41. The fraction of sp³-hybridized carbons (Fsp3) is 0.500. The lowest BCUT2D eigenvalue weighted by Gasteiger charge is -2.39. The molecule has 0 unspecified atom stereocenters. The molecule has 2 N–H and O–H groups in total. The van der Waals surface area contributed by atoms with Gasteiger partial charge in [0.2, 0.25) is 5.91 Å². The maximum Gasteiger partial charge on any atom is 0.266 e. The molecular weight excluding hydrogens is 535 g/mol. The van der Waals surface area contributed by atoms with E-state index >= 15 is 4.39 Å². The molecule has 1 saturated carbocycles. The molecule has 8 nitrogen and oxygen atoms in total. The molecule has 0 spiro atoms. The van der Waals surface area contributed by atoms with Crippen molar-refractivity contribution in [2.45, 2.75) is 57.6 Å². The van der Waals surface area contributed by atoms with Gasteiger partial charge in [0.1, 0.15) is 35.3 Å². The average Bonchev–Trinajstić information content (AvgIpc) is 2.92. The zero-order valence-corrected chi connectivity index (χ0v) is 24.0. The van der Waals surface area contributed by atoms with Crippen LogP contribution >= 0.6 is 0 Å². The number of aromatic nitrogens is 2. The normalized spacial score (nSPS) is 21.4. The Morgan fingerprint density at radius 2 is 1.90 bits per heavy atom. The summed E-state index contributed by atoms with van der Waals surface area (Å²) in [5, 5.41) is 15.8. The Hall–Kier alpha value is -3.60. The molecule has 2 heterocycles. The predicted molar refractivity (Wildman–Crippen MR) is 151 cm³/mol. The number of nitrogens with one attached hydrogen (secondary N) is 1. The molecule has 5 rings (SSSR count). The van der Waals surface area contributed by atoms with Crippen molar-refractivity contribution in [1.29, 1.82) is 0 Å². The molecule has 41 heavy (non-hydrogen) atoms. The number of fused-ring (bicyclic) bond motifs is 3. The van der Waals surface area contributed by atoms with Crippen molar-refractivity contribution in [2.75, 3.05) is 44.5 Å². The first-order chi connectivity index (χ1) is 19.4. The zero-order chi connectivity index (χ0) is 29.6. The first-order valence-corrected chi connectivity index (χ1v) is 13.9. The molecule has 1 atom stereocenters. The Bertz CT molecular complexity index is 1470. The van der Waals surface area contributed by atoms with Gasteiger partial charge < -0.3 is 25.0 Å². The fourth-order valence-corrected chi connectivity index (χ4v) is 6.03. The second kappa shape index (κ2) is 11.0. The minimum absolute atomic E-state index is 0.0519. The van der Waals surface area contributed by atoms with Crippen molar-refractivity contribution in [1.82, 2.24) is 14.9 Å². The number of halogens is 3. The number of aryl methyl sites for hydroxylation is 1. The van der Waals surface area contributed by atoms with Crippen LogP contribution < -0.4 is 15.0 Å². The quantitative estimate of drug-likeness (QED) is 0.405. The summed E-state index contributed by atoms with van der Waals surface area (Å²) in [6, 6.07) is 5.09. The van der Waals surface area contributed by atoms with Gasteiger partial charge in [-0.05, 0) is 45.6 Å². The highest BCUT2D eigenvalue weighted by Crippen LogP contribution is 2.50. The van der Waals surface area contributed by atoms with Crippen LogP contribution in [0.3, 0.4) is 0 Å². The Morgan fingerprint density at radius 1 is 1.22 bits per heavy atom. The van der Waals surface area contributed by atoms with Gasteiger partial charge in [-0.15, -0.1) is 0 Å². The Kier molecular flexibility index (Phi) is 7.76. The lowest BCUT2D eigenvalue weighted by Crippen LogP contribution is -2.39. The summed E-state index contributed by atoms with van der Waals surface area (Å²) in [4.78, 5) is 25.5. The van der Waals surface area contributed by atoms with E-state index < -0.39 is 29.4 Å². The molecule has 0 saturated heterocycles. The molecule has 1 aliphatic heterocycles. The number of benzene rings is 2. The van der Waals surface area contributed by atoms with Gasteiger partial charge in [-0.3, -0.25) is 4.79 Å². The minimum atomic E-state index is -2.93. The highest BCUT2D eigenvalue weighted by molar-refractivity contribution is 6.01. The summed E-state index contributed by atoms with van der Waals surface area (Å²) < 4.78 is 47.9. The van der Waals surface area contributed by atoms with Crippen LogP contribution in [-0.2, 0) is 10.4 Å². The predicted octanol–water partition coefficient (Wildman–Crippen LogP) is 5.48. The van der Waals surface area contributed by atoms with Crippen molar-refractivity contribution in [3.05, 3.63) is 52.6 Å². The monoisotopic (exact) mass is 571 g/mol. The fourth-order valence-electron chi connectivity index (χ4n) is 6.03. The number of likely N-dealkylation sites (N-methyl/N-ethyl adjacent to an activating group) is 1. The molecular formula is C30H36F3N5O3. The van der Waals surface area contributed by atoms with E-state index in [0.717, 1.165) is 11.8 Å². The van der Waals surface area contributed by atoms with E-state index in [1.54, 1.807) is 32.8 Å². The summed E-state index contributed by atoms with van der Waals surface area (Å²) >= 11 is 0. The van der Waals surface area contributed by atoms with Crippen LogP contribution in [0.15, 0.2) is 24.3 Å². The molecule has 2 aromatic carbocycles. The SMILES string of the molecule is Cc1nc(N[C@H](C)c2cccc(C(F)F)c2F)c2cc([C@]3(O)CC[C@@H](C(=O)N(C)C)CC3)c3c(c2n1)N(C)CCO3. The summed E-state index contributed by atoms with van der Waals surface area (Å²) in [6.45, 7) is 4.47. The lowest BCUT2D eigenvalue weighted by molar-refractivity contribution is -0.136. The largest absolute Gasteiger partial charge is 0.489 e. The molecule has 11 heteroatoms. The first kappa shape index (κ1) is 28.9. The van der Waals surface area contributed by atoms with Crippen LogP contribution in [-0.4, -0.2) is 60.2 Å². The number of aliphatic hydroxyl groups is 1. The smallest absolute Gasteiger partial charge is 0.266 e. The summed E-state index contributed by atoms with van der Waals surface area (Å²) in [7, 11) is 5.40. The van der Waals surface area contributed by atoms with E-state index in [1.165, 1.54) is 12.1 Å². The van der Waals surface area contributed by atoms with Crippen LogP contribution in [0.25, 0.3) is 10.9 Å². The van der Waals surface area contributed by atoms with Crippen molar-refractivity contribution in [3.8, 4) is 5.75 Å². The van der Waals surface area contributed by atoms with Gasteiger partial charge in [0.15, 0.2) is 5.75 Å². The summed E-state index contributed by atoms with van der Waals surface area (Å²) in [5.74, 6) is 0.347. The van der Waals surface area contributed by atoms with Gasteiger partial charge >= 0.3 is 0 Å². The van der Waals surface area contributed by atoms with Crippen molar-refractivity contribution >= 4 is 28.3 Å². The summed E-state index contributed by atoms with van der Waals surface area (Å²) in [5.41, 5.74) is 0.112. The van der Waals surface area contributed by atoms with Gasteiger partial charge in [0.25, 0.3) is 6.43 Å². The number of ether oxygens (including phenoxy) is 1. The molecule has 1 aromatic heterocycles. The number of alkyl halides is 2. The van der Waals surface area contributed by atoms with Crippen LogP contribution in [0.4, 0.5) is 24.7 Å². The number of nitrogens with zero attached hydrogens (tertiary/aromatic N) is 4. The number of hydrogen-bond donors (Lipinski definition) is 2. The number of hydrogen-bond acceptors (Lipinski definition) is 7. The second-order valence-electron chi connectivity index (χ2n) is 11.3. The van der Waals surface area contributed by atoms with Gasteiger partial charge in [-0.1, -0.05) is 18.2 Å². The third-order valence-electron chi connectivity index (χ3n) is 8.30. The van der Waals surface area contributed by atoms with E-state index in [0.29, 0.717) is 72.7 Å². The van der Waals surface area contributed by atoms with Gasteiger partial charge in [-0.2, -0.15) is 0 Å². The van der Waals surface area contributed by atoms with E-state index in [9.17, 15) is 18.7 Å². The summed E-state index contributed by atoms with van der Waals surface area (Å²) in [6.07, 6.45) is -1.12. The maximum atomic E-state index is 15.0. The van der Waals surface area contributed by atoms with Crippen LogP contribution in [0, 0.1) is 18.7 Å². The standard InChI is InChI=1S/C30H36F3N5O3/c1-16(19-7-6-8-20(23(19)31)27(32)33)34-28-21-15-22(30(40)11-9-18(10-12-30)29(39)37(3)4)26-25(38(5)13-14-41-26)24(21)35-17(2)36-28/h6-8,15-16,18,27,40H,9-14H2,1-5H3,(H,34,35,36)/t16-,18-,30+/m1/s1. The number of anilines is 2. The molecule has 0 radical (unpaired) electrons. The van der Waals surface area contributed by atoms with Crippen molar-refractivity contribution in [3.63, 3.8) is 0 Å². The van der Waals surface area contributed by atoms with Crippen LogP contribution in [0.1, 0.15) is 67.6 Å². The molecule has 1 amide bonds. The van der Waals surface area contributed by atoms with E-state index in [4.69, 9.17) is 9.72 Å². The van der Waals surface area contributed by atoms with Gasteiger partial charge in [0.05, 0.1) is 23.8 Å². The maximum absolute atomic E-state index is 15.0. The van der Waals surface area contributed by atoms with E-state index in [1.807, 2.05) is 18.0 Å². The Labute approximate surface area is 237 Å². The lowest BCUT2D eigenvalue weighted by atomic mass is 9.74. The Morgan fingerprint density at radius 3 is 2.56 bits per heavy atom. The van der Waals surface area contributed by atoms with Crippen LogP contribution in [0.5, 0.6) is 5.75 Å². The third kappa shape index (κ3) is 5.27. The third-order valence-corrected chi connectivity index (χ3v) is 8.30. The van der Waals surface area contributed by atoms with E-state index in [2.05, 4.69) is 10.3 Å². The minimum Gasteiger partial charge on any atom is -0.489 e. The zero-order valence-electron chi connectivity index (χ0n) is 24.0. The molecule has 2 aliphatic rings. The molecule has 0 bridgehead atoms. The van der Waals surface area contributed by atoms with Crippen molar-refractivity contribution < 1.29 is 27.8 Å². The highest BCUT2D eigenvalue weighted by atomic mass is 19.3. The molecule has 220 valence electrons. The molecule has 3 aromatic rings. The number of carbonyl (C=O) groups excluding carboxylic acids is 1. The van der Waals surface area contributed by atoms with Gasteiger partial charge in [-0.25, -0.2) is 23.1 Å². The Balaban J connectivity index is 1.60. The topological polar surface area (TPSA) is 90.8 Å². The first-order valence-electron chi connectivity index (χ1n) is 13.9. The second-order valence-corrected chi connectivity index (χ2v) is 11.3. The molecule has 1 fully saturated rings. The van der Waals surface area contributed by atoms with E-state index in [-0.39, 0.29) is 17.4 Å². The number of amides is 1. The van der Waals surface area contributed by atoms with Gasteiger partial charge in [0, 0.05) is 43.6 Å². The van der Waals surface area contributed by atoms with Crippen molar-refractivity contribution in [2.24, 2.45) is 5.92 Å². The average molecular weight is 572 g/mol. The molecule has 1 aliphatic carbocycles. The number of carbonyl (C=O) groups is 1.